The predicted molar refractivity (Wildman–Crippen MR) is 124 cm³/mol. The van der Waals surface area contributed by atoms with Crippen LogP contribution < -0.4 is 5.32 Å². The Balaban J connectivity index is 1.29. The maximum absolute atomic E-state index is 13.2. The second-order valence-corrected chi connectivity index (χ2v) is 8.95. The molecule has 0 unspecified atom stereocenters. The van der Waals surface area contributed by atoms with Crippen LogP contribution in [0.1, 0.15) is 53.8 Å². The van der Waals surface area contributed by atoms with Crippen molar-refractivity contribution in [3.8, 4) is 11.3 Å². The van der Waals surface area contributed by atoms with Gasteiger partial charge in [-0.15, -0.1) is 0 Å². The highest BCUT2D eigenvalue weighted by atomic mass is 19.1. The van der Waals surface area contributed by atoms with Crippen LogP contribution in [0.5, 0.6) is 0 Å². The number of fused-ring (bicyclic) bond motifs is 1. The lowest BCUT2D eigenvalue weighted by Crippen LogP contribution is -2.35. The standard InChI is InChI=1S/C27H27FN2O3/c28-22-11-9-19(10-12-22)27(32)30-14-13-24-21(17-30)16-25(33-24)20-7-4-8-23(15-20)29-26(31)18-5-2-1-3-6-18/h4,7-12,15-16,18H,1-3,5-6,13-14,17H2,(H,29,31). The van der Waals surface area contributed by atoms with Crippen molar-refractivity contribution in [1.29, 1.82) is 0 Å². The first-order chi connectivity index (χ1) is 16.1. The maximum Gasteiger partial charge on any atom is 0.254 e. The van der Waals surface area contributed by atoms with Crippen LogP contribution in [0, 0.1) is 11.7 Å². The van der Waals surface area contributed by atoms with E-state index in [2.05, 4.69) is 5.32 Å². The highest BCUT2D eigenvalue weighted by Crippen LogP contribution is 2.32. The number of benzene rings is 2. The minimum absolute atomic E-state index is 0.0977. The van der Waals surface area contributed by atoms with Crippen LogP contribution in [0.15, 0.2) is 59.0 Å². The molecule has 1 fully saturated rings. The number of carbonyl (C=O) groups is 2. The van der Waals surface area contributed by atoms with Crippen LogP contribution >= 0.6 is 0 Å². The highest BCUT2D eigenvalue weighted by Gasteiger charge is 2.26. The third kappa shape index (κ3) is 4.70. The van der Waals surface area contributed by atoms with Gasteiger partial charge >= 0.3 is 0 Å². The largest absolute Gasteiger partial charge is 0.461 e. The van der Waals surface area contributed by atoms with Gasteiger partial charge in [0.25, 0.3) is 5.91 Å². The smallest absolute Gasteiger partial charge is 0.254 e. The second-order valence-electron chi connectivity index (χ2n) is 8.95. The normalized spacial score (nSPS) is 16.3. The fourth-order valence-electron chi connectivity index (χ4n) is 4.78. The molecule has 5 rings (SSSR count). The molecule has 0 atom stereocenters. The minimum Gasteiger partial charge on any atom is -0.461 e. The summed E-state index contributed by atoms with van der Waals surface area (Å²) in [6.07, 6.45) is 6.01. The molecule has 0 saturated heterocycles. The Hall–Kier alpha value is -3.41. The van der Waals surface area contributed by atoms with Gasteiger partial charge in [-0.25, -0.2) is 4.39 Å². The van der Waals surface area contributed by atoms with Gasteiger partial charge in [0.1, 0.15) is 17.3 Å². The molecule has 2 aromatic carbocycles. The summed E-state index contributed by atoms with van der Waals surface area (Å²) < 4.78 is 19.3. The van der Waals surface area contributed by atoms with Crippen LogP contribution in [-0.4, -0.2) is 23.3 Å². The second kappa shape index (κ2) is 9.22. The zero-order chi connectivity index (χ0) is 22.8. The lowest BCUT2D eigenvalue weighted by atomic mass is 9.88. The molecule has 33 heavy (non-hydrogen) atoms. The number of amides is 2. The van der Waals surface area contributed by atoms with Crippen molar-refractivity contribution in [2.75, 3.05) is 11.9 Å². The van der Waals surface area contributed by atoms with Crippen LogP contribution in [0.25, 0.3) is 11.3 Å². The van der Waals surface area contributed by atoms with Crippen LogP contribution in [0.3, 0.4) is 0 Å². The lowest BCUT2D eigenvalue weighted by Gasteiger charge is -2.26. The number of halogens is 1. The van der Waals surface area contributed by atoms with Crippen LogP contribution in [0.4, 0.5) is 10.1 Å². The quantitative estimate of drug-likeness (QED) is 0.551. The Kier molecular flexibility index (Phi) is 5.99. The van der Waals surface area contributed by atoms with Gasteiger partial charge in [0, 0.05) is 47.8 Å². The van der Waals surface area contributed by atoms with Gasteiger partial charge in [0.2, 0.25) is 5.91 Å². The number of carbonyl (C=O) groups excluding carboxylic acids is 2. The zero-order valence-electron chi connectivity index (χ0n) is 18.5. The molecule has 0 bridgehead atoms. The molecule has 5 nitrogen and oxygen atoms in total. The van der Waals surface area contributed by atoms with E-state index in [1.807, 2.05) is 30.3 Å². The number of nitrogens with one attached hydrogen (secondary N) is 1. The van der Waals surface area contributed by atoms with Crippen LogP contribution in [0.2, 0.25) is 0 Å². The summed E-state index contributed by atoms with van der Waals surface area (Å²) in [6, 6.07) is 15.3. The van der Waals surface area contributed by atoms with E-state index in [-0.39, 0.29) is 23.5 Å². The van der Waals surface area contributed by atoms with Crippen molar-refractivity contribution in [1.82, 2.24) is 4.90 Å². The Bertz CT molecular complexity index is 1160. The van der Waals surface area contributed by atoms with Crippen molar-refractivity contribution in [2.24, 2.45) is 5.92 Å². The molecule has 170 valence electrons. The van der Waals surface area contributed by atoms with Crippen molar-refractivity contribution < 1.29 is 18.4 Å². The fraction of sp³-hybridized carbons (Fsp3) is 0.333. The number of furan rings is 1. The van der Waals surface area contributed by atoms with Crippen molar-refractivity contribution in [3.05, 3.63) is 77.3 Å². The van der Waals surface area contributed by atoms with Crippen molar-refractivity contribution in [3.63, 3.8) is 0 Å². The zero-order valence-corrected chi connectivity index (χ0v) is 18.5. The fourth-order valence-corrected chi connectivity index (χ4v) is 4.78. The summed E-state index contributed by atoms with van der Waals surface area (Å²) in [7, 11) is 0. The summed E-state index contributed by atoms with van der Waals surface area (Å²) >= 11 is 0. The number of rotatable bonds is 4. The number of hydrogen-bond acceptors (Lipinski definition) is 3. The predicted octanol–water partition coefficient (Wildman–Crippen LogP) is 5.80. The van der Waals surface area contributed by atoms with Gasteiger partial charge in [-0.3, -0.25) is 9.59 Å². The summed E-state index contributed by atoms with van der Waals surface area (Å²) in [5, 5.41) is 3.07. The molecule has 2 heterocycles. The van der Waals surface area contributed by atoms with E-state index < -0.39 is 0 Å². The van der Waals surface area contributed by atoms with E-state index in [0.29, 0.717) is 25.1 Å². The summed E-state index contributed by atoms with van der Waals surface area (Å²) in [6.45, 7) is 1.00. The third-order valence-corrected chi connectivity index (χ3v) is 6.64. The maximum atomic E-state index is 13.2. The molecular formula is C27H27FN2O3. The van der Waals surface area contributed by atoms with Crippen molar-refractivity contribution >= 4 is 17.5 Å². The SMILES string of the molecule is O=C(Nc1cccc(-c2cc3c(o2)CCN(C(=O)c2ccc(F)cc2)C3)c1)C1CCCCC1. The highest BCUT2D eigenvalue weighted by molar-refractivity contribution is 5.94. The monoisotopic (exact) mass is 446 g/mol. The van der Waals surface area contributed by atoms with E-state index in [9.17, 15) is 14.0 Å². The van der Waals surface area contributed by atoms with E-state index in [1.54, 1.807) is 4.90 Å². The molecule has 2 aliphatic rings. The minimum atomic E-state index is -0.357. The van der Waals surface area contributed by atoms with Gasteiger partial charge < -0.3 is 14.6 Å². The summed E-state index contributed by atoms with van der Waals surface area (Å²) in [5.41, 5.74) is 3.11. The van der Waals surface area contributed by atoms with E-state index in [0.717, 1.165) is 54.0 Å². The lowest BCUT2D eigenvalue weighted by molar-refractivity contribution is -0.120. The first-order valence-electron chi connectivity index (χ1n) is 11.6. The molecule has 1 aromatic heterocycles. The van der Waals surface area contributed by atoms with Gasteiger partial charge in [0.15, 0.2) is 0 Å². The molecule has 0 spiro atoms. The van der Waals surface area contributed by atoms with E-state index in [1.165, 1.54) is 30.7 Å². The van der Waals surface area contributed by atoms with Gasteiger partial charge in [0.05, 0.1) is 0 Å². The number of nitrogens with zero attached hydrogens (tertiary/aromatic N) is 1. The number of anilines is 1. The Labute approximate surface area is 192 Å². The molecule has 6 heteroatoms. The van der Waals surface area contributed by atoms with E-state index in [4.69, 9.17) is 4.42 Å². The Morgan fingerprint density at radius 1 is 1.00 bits per heavy atom. The molecule has 1 aliphatic carbocycles. The Morgan fingerprint density at radius 3 is 2.58 bits per heavy atom. The molecule has 1 N–H and O–H groups in total. The topological polar surface area (TPSA) is 62.6 Å². The summed E-state index contributed by atoms with van der Waals surface area (Å²) in [5.74, 6) is 1.33. The van der Waals surface area contributed by atoms with Crippen molar-refractivity contribution in [2.45, 2.75) is 45.1 Å². The van der Waals surface area contributed by atoms with Crippen LogP contribution in [-0.2, 0) is 17.8 Å². The Morgan fingerprint density at radius 2 is 1.79 bits per heavy atom. The van der Waals surface area contributed by atoms with Gasteiger partial charge in [-0.05, 0) is 55.3 Å². The average molecular weight is 447 g/mol. The first kappa shape index (κ1) is 21.4. The molecule has 1 aliphatic heterocycles. The molecule has 2 amide bonds. The van der Waals surface area contributed by atoms with Gasteiger partial charge in [-0.1, -0.05) is 31.4 Å². The molecular weight excluding hydrogens is 419 g/mol. The first-order valence-corrected chi connectivity index (χ1v) is 11.6. The van der Waals surface area contributed by atoms with E-state index >= 15 is 0 Å². The average Bonchev–Trinajstić information content (AvgIpc) is 3.28. The summed E-state index contributed by atoms with van der Waals surface area (Å²) in [4.78, 5) is 27.2. The third-order valence-electron chi connectivity index (χ3n) is 6.64. The molecule has 1 saturated carbocycles. The molecule has 0 radical (unpaired) electrons. The number of hydrogen-bond donors (Lipinski definition) is 1. The van der Waals surface area contributed by atoms with Gasteiger partial charge in [-0.2, -0.15) is 0 Å². The molecule has 3 aromatic rings.